The van der Waals surface area contributed by atoms with Crippen LogP contribution in [0.5, 0.6) is 0 Å². The fraction of sp³-hybridized carbons (Fsp3) is 0.350. The number of halogens is 1. The van der Waals surface area contributed by atoms with Gasteiger partial charge in [-0.15, -0.1) is 0 Å². The van der Waals surface area contributed by atoms with Crippen molar-refractivity contribution in [2.24, 2.45) is 0 Å². The summed E-state index contributed by atoms with van der Waals surface area (Å²) in [7, 11) is -2.08. The Labute approximate surface area is 171 Å². The smallest absolute Gasteiger partial charge is 0.245 e. The highest BCUT2D eigenvalue weighted by Gasteiger charge is 2.35. The molecule has 1 heterocycles. The molecule has 0 aliphatic carbocycles. The Morgan fingerprint density at radius 2 is 1.68 bits per heavy atom. The quantitative estimate of drug-likeness (QED) is 0.744. The van der Waals surface area contributed by atoms with Crippen LogP contribution in [0.3, 0.4) is 0 Å². The van der Waals surface area contributed by atoms with Gasteiger partial charge in [-0.1, -0.05) is 48.0 Å². The maximum Gasteiger partial charge on any atom is 0.245 e. The van der Waals surface area contributed by atoms with Crippen molar-refractivity contribution in [2.45, 2.75) is 6.04 Å². The van der Waals surface area contributed by atoms with Gasteiger partial charge in [0.05, 0.1) is 6.26 Å². The molecule has 1 fully saturated rings. The minimum atomic E-state index is -3.53. The number of piperazine rings is 1. The first kappa shape index (κ1) is 20.6. The van der Waals surface area contributed by atoms with E-state index in [0.717, 1.165) is 16.2 Å². The van der Waals surface area contributed by atoms with E-state index in [-0.39, 0.29) is 5.91 Å². The predicted octanol–water partition coefficient (Wildman–Crippen LogP) is 2.62. The van der Waals surface area contributed by atoms with Gasteiger partial charge in [-0.05, 0) is 23.8 Å². The lowest BCUT2D eigenvalue weighted by atomic mass is 10.1. The number of hydrogen-bond donors (Lipinski definition) is 0. The molecule has 2 aromatic rings. The zero-order valence-electron chi connectivity index (χ0n) is 16.0. The van der Waals surface area contributed by atoms with Gasteiger partial charge < -0.3 is 9.80 Å². The summed E-state index contributed by atoms with van der Waals surface area (Å²) < 4.78 is 25.4. The maximum absolute atomic E-state index is 13.3. The van der Waals surface area contributed by atoms with E-state index in [2.05, 4.69) is 4.90 Å². The van der Waals surface area contributed by atoms with Gasteiger partial charge in [0.2, 0.25) is 15.9 Å². The summed E-state index contributed by atoms with van der Waals surface area (Å²) in [5, 5.41) is 0.676. The van der Waals surface area contributed by atoms with Gasteiger partial charge in [0.15, 0.2) is 0 Å². The van der Waals surface area contributed by atoms with Gasteiger partial charge in [-0.2, -0.15) is 4.31 Å². The van der Waals surface area contributed by atoms with Gasteiger partial charge in [-0.25, -0.2) is 8.42 Å². The van der Waals surface area contributed by atoms with Crippen LogP contribution in [0.2, 0.25) is 5.02 Å². The summed E-state index contributed by atoms with van der Waals surface area (Å²) >= 11 is 6.08. The molecule has 0 spiro atoms. The third kappa shape index (κ3) is 4.66. The van der Waals surface area contributed by atoms with Crippen LogP contribution in [0.15, 0.2) is 54.6 Å². The van der Waals surface area contributed by atoms with Crippen LogP contribution < -0.4 is 4.90 Å². The number of rotatable bonds is 5. The van der Waals surface area contributed by atoms with Gasteiger partial charge >= 0.3 is 0 Å². The van der Waals surface area contributed by atoms with Crippen LogP contribution in [0.4, 0.5) is 5.69 Å². The maximum atomic E-state index is 13.3. The molecule has 0 N–H and O–H groups in total. The van der Waals surface area contributed by atoms with Crippen molar-refractivity contribution < 1.29 is 13.2 Å². The molecule has 1 atom stereocenters. The van der Waals surface area contributed by atoms with Crippen LogP contribution in [0.25, 0.3) is 0 Å². The van der Waals surface area contributed by atoms with Crippen LogP contribution in [0, 0.1) is 0 Å². The SMILES string of the molecule is CN(C(C(=O)N1CCN(c2cccc(Cl)c2)CC1)c1ccccc1)S(C)(=O)=O. The number of amides is 1. The van der Waals surface area contributed by atoms with Crippen molar-refractivity contribution in [1.29, 1.82) is 0 Å². The van der Waals surface area contributed by atoms with Crippen LogP contribution >= 0.6 is 11.6 Å². The third-order valence-corrected chi connectivity index (χ3v) is 6.49. The first-order valence-electron chi connectivity index (χ1n) is 9.04. The molecule has 0 aromatic heterocycles. The summed E-state index contributed by atoms with van der Waals surface area (Å²) in [6.07, 6.45) is 1.12. The van der Waals surface area contributed by atoms with E-state index in [0.29, 0.717) is 36.8 Å². The number of likely N-dealkylation sites (N-methyl/N-ethyl adjacent to an activating group) is 1. The second-order valence-corrected chi connectivity index (χ2v) is 9.36. The summed E-state index contributed by atoms with van der Waals surface area (Å²) in [6.45, 7) is 2.37. The Morgan fingerprint density at radius 1 is 1.04 bits per heavy atom. The molecule has 0 saturated carbocycles. The first-order valence-corrected chi connectivity index (χ1v) is 11.3. The molecule has 1 saturated heterocycles. The molecule has 0 bridgehead atoms. The molecule has 1 amide bonds. The summed E-state index contributed by atoms with van der Waals surface area (Å²) in [5.74, 6) is -0.204. The van der Waals surface area contributed by atoms with Crippen molar-refractivity contribution in [3.8, 4) is 0 Å². The second-order valence-electron chi connectivity index (χ2n) is 6.88. The van der Waals surface area contributed by atoms with E-state index in [1.54, 1.807) is 17.0 Å². The zero-order chi connectivity index (χ0) is 20.3. The first-order chi connectivity index (χ1) is 13.3. The minimum absolute atomic E-state index is 0.204. The van der Waals surface area contributed by atoms with E-state index in [1.165, 1.54) is 7.05 Å². The monoisotopic (exact) mass is 421 g/mol. The molecule has 6 nitrogen and oxygen atoms in total. The number of benzene rings is 2. The van der Waals surface area contributed by atoms with E-state index in [9.17, 15) is 13.2 Å². The summed E-state index contributed by atoms with van der Waals surface area (Å²) in [5.41, 5.74) is 1.69. The molecule has 3 rings (SSSR count). The molecule has 1 aliphatic heterocycles. The number of anilines is 1. The molecule has 2 aromatic carbocycles. The number of carbonyl (C=O) groups is 1. The average molecular weight is 422 g/mol. The van der Waals surface area contributed by atoms with Crippen molar-refractivity contribution in [2.75, 3.05) is 44.4 Å². The highest BCUT2D eigenvalue weighted by molar-refractivity contribution is 7.88. The van der Waals surface area contributed by atoms with Gasteiger partial charge in [0.1, 0.15) is 6.04 Å². The summed E-state index contributed by atoms with van der Waals surface area (Å²) in [4.78, 5) is 17.2. The Hall–Kier alpha value is -2.09. The Morgan fingerprint density at radius 3 is 2.25 bits per heavy atom. The highest BCUT2D eigenvalue weighted by atomic mass is 35.5. The molecule has 28 heavy (non-hydrogen) atoms. The van der Waals surface area contributed by atoms with Crippen molar-refractivity contribution >= 4 is 33.2 Å². The lowest BCUT2D eigenvalue weighted by Gasteiger charge is -2.39. The Balaban J connectivity index is 1.77. The van der Waals surface area contributed by atoms with Crippen molar-refractivity contribution in [1.82, 2.24) is 9.21 Å². The molecule has 1 aliphatic rings. The molecule has 1 unspecified atom stereocenters. The predicted molar refractivity (Wildman–Crippen MR) is 112 cm³/mol. The number of nitrogens with zero attached hydrogens (tertiary/aromatic N) is 3. The molecular formula is C20H24ClN3O3S. The van der Waals surface area contributed by atoms with E-state index in [4.69, 9.17) is 11.6 Å². The van der Waals surface area contributed by atoms with Gasteiger partial charge in [0.25, 0.3) is 0 Å². The topological polar surface area (TPSA) is 60.9 Å². The van der Waals surface area contributed by atoms with Crippen LogP contribution in [-0.4, -0.2) is 63.0 Å². The molecule has 0 radical (unpaired) electrons. The van der Waals surface area contributed by atoms with Gasteiger partial charge in [0, 0.05) is 43.9 Å². The van der Waals surface area contributed by atoms with E-state index >= 15 is 0 Å². The molecule has 8 heteroatoms. The number of hydrogen-bond acceptors (Lipinski definition) is 4. The third-order valence-electron chi connectivity index (χ3n) is 5.00. The fourth-order valence-electron chi connectivity index (χ4n) is 3.37. The number of sulfonamides is 1. The van der Waals surface area contributed by atoms with Crippen LogP contribution in [0.1, 0.15) is 11.6 Å². The Bertz CT molecular complexity index is 929. The minimum Gasteiger partial charge on any atom is -0.368 e. The molecule has 150 valence electrons. The van der Waals surface area contributed by atoms with Gasteiger partial charge in [-0.3, -0.25) is 4.79 Å². The fourth-order valence-corrected chi connectivity index (χ4v) is 4.15. The van der Waals surface area contributed by atoms with Crippen molar-refractivity contribution in [3.05, 3.63) is 65.2 Å². The average Bonchev–Trinajstić information content (AvgIpc) is 2.68. The Kier molecular flexibility index (Phi) is 6.27. The standard InChI is InChI=1S/C20H24ClN3O3S/c1-22(28(2,26)27)19(16-7-4-3-5-8-16)20(25)24-13-11-23(12-14-24)18-10-6-9-17(21)15-18/h3-10,15,19H,11-14H2,1-2H3. The molecular weight excluding hydrogens is 398 g/mol. The highest BCUT2D eigenvalue weighted by Crippen LogP contribution is 2.26. The van der Waals surface area contributed by atoms with E-state index < -0.39 is 16.1 Å². The normalized spacial score (nSPS) is 16.3. The lowest BCUT2D eigenvalue weighted by molar-refractivity contribution is -0.135. The van der Waals surface area contributed by atoms with E-state index in [1.807, 2.05) is 42.5 Å². The largest absolute Gasteiger partial charge is 0.368 e. The van der Waals surface area contributed by atoms with Crippen LogP contribution in [-0.2, 0) is 14.8 Å². The number of carbonyl (C=O) groups excluding carboxylic acids is 1. The second kappa shape index (κ2) is 8.51. The summed E-state index contributed by atoms with van der Waals surface area (Å²) in [6, 6.07) is 15.8. The lowest BCUT2D eigenvalue weighted by Crippen LogP contribution is -2.52. The van der Waals surface area contributed by atoms with Crippen molar-refractivity contribution in [3.63, 3.8) is 0 Å². The zero-order valence-corrected chi connectivity index (χ0v) is 17.5.